The van der Waals surface area contributed by atoms with Crippen molar-refractivity contribution in [2.45, 2.75) is 25.9 Å². The van der Waals surface area contributed by atoms with Crippen LogP contribution in [0.15, 0.2) is 48.5 Å². The normalized spacial score (nSPS) is 17.2. The molecule has 1 atom stereocenters. The lowest BCUT2D eigenvalue weighted by Crippen LogP contribution is -2.34. The fraction of sp³-hybridized carbons (Fsp3) is 0.364. The summed E-state index contributed by atoms with van der Waals surface area (Å²) in [7, 11) is 4.16. The Labute approximate surface area is 160 Å². The van der Waals surface area contributed by atoms with Crippen molar-refractivity contribution in [3.63, 3.8) is 0 Å². The van der Waals surface area contributed by atoms with E-state index >= 15 is 0 Å². The number of carbonyl (C=O) groups excluding carboxylic acids is 1. The number of imidazole rings is 1. The molecule has 140 valence electrons. The summed E-state index contributed by atoms with van der Waals surface area (Å²) in [6.45, 7) is 4.44. The molecule has 2 heterocycles. The van der Waals surface area contributed by atoms with E-state index < -0.39 is 0 Å². The number of aromatic nitrogens is 2. The molecular formula is C22H26N4O. The quantitative estimate of drug-likeness (QED) is 0.716. The van der Waals surface area contributed by atoms with E-state index in [4.69, 9.17) is 0 Å². The number of amides is 1. The summed E-state index contributed by atoms with van der Waals surface area (Å²) in [5.74, 6) is 1.14. The Hall–Kier alpha value is -2.66. The lowest BCUT2D eigenvalue weighted by molar-refractivity contribution is 0.0783. The summed E-state index contributed by atoms with van der Waals surface area (Å²) in [5, 5.41) is 0. The molecule has 0 spiro atoms. The van der Waals surface area contributed by atoms with Gasteiger partial charge < -0.3 is 14.4 Å². The molecule has 0 radical (unpaired) electrons. The van der Waals surface area contributed by atoms with Crippen LogP contribution in [0.5, 0.6) is 0 Å². The summed E-state index contributed by atoms with van der Waals surface area (Å²) in [4.78, 5) is 21.6. The average Bonchev–Trinajstić information content (AvgIpc) is 3.28. The summed E-state index contributed by atoms with van der Waals surface area (Å²) in [5.41, 5.74) is 4.10. The van der Waals surface area contributed by atoms with Crippen molar-refractivity contribution in [1.29, 1.82) is 0 Å². The van der Waals surface area contributed by atoms with Gasteiger partial charge in [0.15, 0.2) is 0 Å². The van der Waals surface area contributed by atoms with Crippen molar-refractivity contribution in [2.75, 3.05) is 27.2 Å². The average molecular weight is 362 g/mol. The Morgan fingerprint density at radius 1 is 1.15 bits per heavy atom. The van der Waals surface area contributed by atoms with E-state index in [0.29, 0.717) is 6.04 Å². The number of fused-ring (bicyclic) bond motifs is 1. The molecular weight excluding hydrogens is 336 g/mol. The minimum atomic E-state index is 0.134. The van der Waals surface area contributed by atoms with Crippen LogP contribution in [0.3, 0.4) is 0 Å². The van der Waals surface area contributed by atoms with Crippen LogP contribution in [0.1, 0.15) is 28.2 Å². The van der Waals surface area contributed by atoms with Gasteiger partial charge in [-0.15, -0.1) is 0 Å². The van der Waals surface area contributed by atoms with Crippen molar-refractivity contribution in [2.24, 2.45) is 0 Å². The summed E-state index contributed by atoms with van der Waals surface area (Å²) in [6, 6.07) is 16.7. The van der Waals surface area contributed by atoms with Gasteiger partial charge in [0.1, 0.15) is 5.82 Å². The third kappa shape index (κ3) is 3.47. The van der Waals surface area contributed by atoms with Gasteiger partial charge >= 0.3 is 0 Å². The Balaban J connectivity index is 1.49. The maximum Gasteiger partial charge on any atom is 0.253 e. The number of nitrogens with zero attached hydrogens (tertiary/aromatic N) is 4. The molecule has 1 amide bonds. The number of carbonyl (C=O) groups is 1. The number of benzene rings is 2. The highest BCUT2D eigenvalue weighted by Gasteiger charge is 2.27. The molecule has 27 heavy (non-hydrogen) atoms. The van der Waals surface area contributed by atoms with Crippen LogP contribution in [-0.2, 0) is 6.54 Å². The van der Waals surface area contributed by atoms with Gasteiger partial charge in [-0.05, 0) is 57.3 Å². The zero-order valence-corrected chi connectivity index (χ0v) is 16.2. The van der Waals surface area contributed by atoms with Gasteiger partial charge in [-0.1, -0.05) is 24.3 Å². The lowest BCUT2D eigenvalue weighted by atomic mass is 10.1. The van der Waals surface area contributed by atoms with Crippen molar-refractivity contribution in [3.8, 4) is 0 Å². The molecule has 1 aliphatic rings. The van der Waals surface area contributed by atoms with Gasteiger partial charge in [0.05, 0.1) is 11.0 Å². The predicted molar refractivity (Wildman–Crippen MR) is 108 cm³/mol. The monoisotopic (exact) mass is 362 g/mol. The molecule has 0 bridgehead atoms. The number of aryl methyl sites for hydroxylation is 1. The molecule has 1 unspecified atom stereocenters. The minimum Gasteiger partial charge on any atom is -0.337 e. The highest BCUT2D eigenvalue weighted by molar-refractivity contribution is 5.94. The van der Waals surface area contributed by atoms with Gasteiger partial charge in [-0.25, -0.2) is 4.98 Å². The second-order valence-electron chi connectivity index (χ2n) is 7.59. The van der Waals surface area contributed by atoms with Crippen molar-refractivity contribution < 1.29 is 4.79 Å². The second kappa shape index (κ2) is 7.16. The van der Waals surface area contributed by atoms with E-state index in [-0.39, 0.29) is 5.91 Å². The molecule has 5 heteroatoms. The number of hydrogen-bond donors (Lipinski definition) is 0. The highest BCUT2D eigenvalue weighted by atomic mass is 16.2. The summed E-state index contributed by atoms with van der Waals surface area (Å²) in [6.07, 6.45) is 1.05. The van der Waals surface area contributed by atoms with Crippen molar-refractivity contribution in [3.05, 3.63) is 65.5 Å². The molecule has 3 aromatic rings. The van der Waals surface area contributed by atoms with E-state index in [0.717, 1.165) is 48.5 Å². The van der Waals surface area contributed by atoms with E-state index in [1.807, 2.05) is 42.2 Å². The molecule has 0 saturated carbocycles. The van der Waals surface area contributed by atoms with Crippen LogP contribution in [0.4, 0.5) is 0 Å². The molecule has 1 aliphatic heterocycles. The Morgan fingerprint density at radius 3 is 2.59 bits per heavy atom. The predicted octanol–water partition coefficient (Wildman–Crippen LogP) is 3.17. The van der Waals surface area contributed by atoms with Gasteiger partial charge in [-0.3, -0.25) is 4.79 Å². The molecule has 1 fully saturated rings. The number of likely N-dealkylation sites (tertiary alicyclic amines) is 1. The van der Waals surface area contributed by atoms with Crippen LogP contribution in [0, 0.1) is 6.92 Å². The van der Waals surface area contributed by atoms with Crippen LogP contribution >= 0.6 is 0 Å². The molecule has 1 saturated heterocycles. The van der Waals surface area contributed by atoms with Gasteiger partial charge in [0.2, 0.25) is 0 Å². The molecule has 1 aromatic heterocycles. The molecule has 4 rings (SSSR count). The smallest absolute Gasteiger partial charge is 0.253 e. The Morgan fingerprint density at radius 2 is 1.89 bits per heavy atom. The van der Waals surface area contributed by atoms with E-state index in [1.165, 1.54) is 5.56 Å². The van der Waals surface area contributed by atoms with Gasteiger partial charge in [0.25, 0.3) is 5.91 Å². The minimum absolute atomic E-state index is 0.134. The Bertz CT molecular complexity index is 958. The number of para-hydroxylation sites is 2. The fourth-order valence-electron chi connectivity index (χ4n) is 3.86. The maximum absolute atomic E-state index is 12.8. The first-order chi connectivity index (χ1) is 13.0. The van der Waals surface area contributed by atoms with Gasteiger partial charge in [-0.2, -0.15) is 0 Å². The third-order valence-electron chi connectivity index (χ3n) is 5.57. The SMILES string of the molecule is Cc1nc2ccccc2n1Cc1ccc(C(=O)N2CCC(N(C)C)C2)cc1. The van der Waals surface area contributed by atoms with Crippen molar-refractivity contribution >= 4 is 16.9 Å². The third-order valence-corrected chi connectivity index (χ3v) is 5.57. The first-order valence-corrected chi connectivity index (χ1v) is 9.49. The zero-order valence-electron chi connectivity index (χ0n) is 16.2. The maximum atomic E-state index is 12.8. The molecule has 0 N–H and O–H groups in total. The zero-order chi connectivity index (χ0) is 19.0. The fourth-order valence-corrected chi connectivity index (χ4v) is 3.86. The van der Waals surface area contributed by atoms with Crippen LogP contribution in [0.2, 0.25) is 0 Å². The van der Waals surface area contributed by atoms with E-state index in [9.17, 15) is 4.79 Å². The largest absolute Gasteiger partial charge is 0.337 e. The number of hydrogen-bond acceptors (Lipinski definition) is 3. The highest BCUT2D eigenvalue weighted by Crippen LogP contribution is 2.19. The van der Waals surface area contributed by atoms with Crippen LogP contribution < -0.4 is 0 Å². The van der Waals surface area contributed by atoms with Gasteiger partial charge in [0, 0.05) is 31.2 Å². The van der Waals surface area contributed by atoms with Crippen LogP contribution in [0.25, 0.3) is 11.0 Å². The topological polar surface area (TPSA) is 41.4 Å². The lowest BCUT2D eigenvalue weighted by Gasteiger charge is -2.20. The second-order valence-corrected chi connectivity index (χ2v) is 7.59. The molecule has 2 aromatic carbocycles. The molecule has 5 nitrogen and oxygen atoms in total. The van der Waals surface area contributed by atoms with Crippen LogP contribution in [-0.4, -0.2) is 58.5 Å². The Kier molecular flexibility index (Phi) is 4.70. The van der Waals surface area contributed by atoms with Crippen molar-refractivity contribution in [1.82, 2.24) is 19.4 Å². The van der Waals surface area contributed by atoms with E-state index in [2.05, 4.69) is 46.7 Å². The summed E-state index contributed by atoms with van der Waals surface area (Å²) < 4.78 is 2.22. The standard InChI is InChI=1S/C22H26N4O/c1-16-23-20-6-4-5-7-21(20)26(16)14-17-8-10-18(11-9-17)22(27)25-13-12-19(15-25)24(2)3/h4-11,19H,12-15H2,1-3H3. The number of likely N-dealkylation sites (N-methyl/N-ethyl adjacent to an activating group) is 1. The van der Waals surface area contributed by atoms with E-state index in [1.54, 1.807) is 0 Å². The first-order valence-electron chi connectivity index (χ1n) is 9.49. The first kappa shape index (κ1) is 17.7. The summed E-state index contributed by atoms with van der Waals surface area (Å²) >= 11 is 0. The molecule has 0 aliphatic carbocycles. The number of rotatable bonds is 4.